The van der Waals surface area contributed by atoms with Crippen LogP contribution in [0.3, 0.4) is 0 Å². The van der Waals surface area contributed by atoms with E-state index in [0.717, 1.165) is 6.42 Å². The van der Waals surface area contributed by atoms with Gasteiger partial charge in [0.25, 0.3) is 0 Å². The predicted octanol–water partition coefficient (Wildman–Crippen LogP) is 1.44. The lowest BCUT2D eigenvalue weighted by molar-refractivity contribution is 0.0657. The molecule has 15 heavy (non-hydrogen) atoms. The van der Waals surface area contributed by atoms with Gasteiger partial charge in [-0.2, -0.15) is 0 Å². The summed E-state index contributed by atoms with van der Waals surface area (Å²) in [6.45, 7) is 3.12. The van der Waals surface area contributed by atoms with Gasteiger partial charge in [0.05, 0.1) is 18.2 Å². The summed E-state index contributed by atoms with van der Waals surface area (Å²) in [6.07, 6.45) is 1.42. The van der Waals surface area contributed by atoms with Crippen LogP contribution >= 0.6 is 0 Å². The maximum atomic E-state index is 10.8. The summed E-state index contributed by atoms with van der Waals surface area (Å²) in [5.41, 5.74) is 0.518. The van der Waals surface area contributed by atoms with Crippen LogP contribution in [0.2, 0.25) is 0 Å². The van der Waals surface area contributed by atoms with Gasteiger partial charge < -0.3 is 14.3 Å². The summed E-state index contributed by atoms with van der Waals surface area (Å²) in [5, 5.41) is 8.89. The number of hydrogen-bond donors (Lipinski definition) is 1. The average Bonchev–Trinajstić information content (AvgIpc) is 2.86. The molecule has 0 bridgehead atoms. The fourth-order valence-corrected chi connectivity index (χ4v) is 1.68. The first-order valence-electron chi connectivity index (χ1n) is 5.03. The molecule has 1 atom stereocenters. The van der Waals surface area contributed by atoms with Crippen molar-refractivity contribution in [2.24, 2.45) is 0 Å². The number of aromatic carboxylic acids is 1. The molecular formula is C10H13NO4. The molecule has 1 saturated heterocycles. The maximum absolute atomic E-state index is 10.8. The van der Waals surface area contributed by atoms with E-state index in [1.807, 2.05) is 6.92 Å². The largest absolute Gasteiger partial charge is 0.475 e. The van der Waals surface area contributed by atoms with Crippen molar-refractivity contribution < 1.29 is 19.1 Å². The Balaban J connectivity index is 2.29. The van der Waals surface area contributed by atoms with Crippen LogP contribution in [0.4, 0.5) is 0 Å². The Kier molecular flexibility index (Phi) is 2.73. The number of carboxylic acids is 1. The molecule has 1 fully saturated rings. The first kappa shape index (κ1) is 10.2. The lowest BCUT2D eigenvalue weighted by Crippen LogP contribution is -1.98. The van der Waals surface area contributed by atoms with E-state index in [-0.39, 0.29) is 11.7 Å². The molecule has 1 aliphatic heterocycles. The molecule has 2 heterocycles. The molecule has 1 aromatic heterocycles. The number of ether oxygens (including phenoxy) is 1. The maximum Gasteiger partial charge on any atom is 0.373 e. The summed E-state index contributed by atoms with van der Waals surface area (Å²) in [7, 11) is 0. The Bertz CT molecular complexity index is 365. The highest BCUT2D eigenvalue weighted by molar-refractivity contribution is 5.85. The fraction of sp³-hybridized carbons (Fsp3) is 0.600. The van der Waals surface area contributed by atoms with Crippen molar-refractivity contribution in [1.29, 1.82) is 0 Å². The summed E-state index contributed by atoms with van der Waals surface area (Å²) in [4.78, 5) is 15.0. The van der Waals surface area contributed by atoms with Gasteiger partial charge in [-0.3, -0.25) is 0 Å². The smallest absolute Gasteiger partial charge is 0.373 e. The zero-order chi connectivity index (χ0) is 10.8. The second-order valence-corrected chi connectivity index (χ2v) is 3.55. The highest BCUT2D eigenvalue weighted by atomic mass is 16.5. The highest BCUT2D eigenvalue weighted by Gasteiger charge is 2.26. The fourth-order valence-electron chi connectivity index (χ4n) is 1.68. The number of carboxylic acid groups (broad SMARTS) is 1. The van der Waals surface area contributed by atoms with Crippen molar-refractivity contribution >= 4 is 5.97 Å². The van der Waals surface area contributed by atoms with Crippen molar-refractivity contribution in [3.63, 3.8) is 0 Å². The van der Waals surface area contributed by atoms with Gasteiger partial charge in [0.15, 0.2) is 0 Å². The van der Waals surface area contributed by atoms with E-state index in [1.54, 1.807) is 0 Å². The SMILES string of the molecule is CCc1nc([C@H]2CCOC2)oc1C(=O)O. The number of nitrogens with zero attached hydrogens (tertiary/aromatic N) is 1. The molecule has 1 aromatic rings. The number of hydrogen-bond acceptors (Lipinski definition) is 4. The lowest BCUT2D eigenvalue weighted by Gasteiger charge is -1.99. The summed E-state index contributed by atoms with van der Waals surface area (Å²) >= 11 is 0. The zero-order valence-corrected chi connectivity index (χ0v) is 8.52. The molecule has 0 unspecified atom stereocenters. The molecule has 0 aliphatic carbocycles. The third kappa shape index (κ3) is 1.87. The van der Waals surface area contributed by atoms with Gasteiger partial charge in [-0.15, -0.1) is 0 Å². The monoisotopic (exact) mass is 211 g/mol. The Morgan fingerprint density at radius 3 is 2.93 bits per heavy atom. The molecule has 0 aromatic carbocycles. The molecule has 5 heteroatoms. The minimum Gasteiger partial charge on any atom is -0.475 e. The molecule has 82 valence electrons. The molecule has 0 radical (unpaired) electrons. The van der Waals surface area contributed by atoms with Crippen LogP contribution in [-0.4, -0.2) is 29.3 Å². The number of rotatable bonds is 3. The van der Waals surface area contributed by atoms with E-state index in [0.29, 0.717) is 31.2 Å². The van der Waals surface area contributed by atoms with Gasteiger partial charge in [-0.1, -0.05) is 6.92 Å². The van der Waals surface area contributed by atoms with Crippen LogP contribution < -0.4 is 0 Å². The number of aromatic nitrogens is 1. The minimum atomic E-state index is -1.05. The van der Waals surface area contributed by atoms with Gasteiger partial charge in [-0.05, 0) is 12.8 Å². The van der Waals surface area contributed by atoms with Crippen LogP contribution in [0.5, 0.6) is 0 Å². The molecule has 0 amide bonds. The minimum absolute atomic E-state index is 0.0283. The molecule has 1 N–H and O–H groups in total. The van der Waals surface area contributed by atoms with Crippen LogP contribution in [0.1, 0.15) is 41.4 Å². The lowest BCUT2D eigenvalue weighted by atomic mass is 10.1. The van der Waals surface area contributed by atoms with Crippen molar-refractivity contribution in [2.45, 2.75) is 25.7 Å². The van der Waals surface area contributed by atoms with Crippen LogP contribution in [0, 0.1) is 0 Å². The van der Waals surface area contributed by atoms with E-state index in [4.69, 9.17) is 14.3 Å². The number of oxazole rings is 1. The molecule has 1 aliphatic rings. The van der Waals surface area contributed by atoms with Gasteiger partial charge in [-0.25, -0.2) is 9.78 Å². The summed E-state index contributed by atoms with van der Waals surface area (Å²) in [6, 6.07) is 0. The molecule has 2 rings (SSSR count). The summed E-state index contributed by atoms with van der Waals surface area (Å²) < 4.78 is 10.5. The van der Waals surface area contributed by atoms with Crippen LogP contribution in [-0.2, 0) is 11.2 Å². The first-order chi connectivity index (χ1) is 7.22. The van der Waals surface area contributed by atoms with Gasteiger partial charge in [0, 0.05) is 6.61 Å². The Morgan fingerprint density at radius 2 is 2.47 bits per heavy atom. The van der Waals surface area contributed by atoms with E-state index in [9.17, 15) is 4.79 Å². The molecular weight excluding hydrogens is 198 g/mol. The second kappa shape index (κ2) is 4.02. The molecule has 0 saturated carbocycles. The van der Waals surface area contributed by atoms with E-state index < -0.39 is 5.97 Å². The number of aryl methyl sites for hydroxylation is 1. The third-order valence-electron chi connectivity index (χ3n) is 2.52. The third-order valence-corrected chi connectivity index (χ3v) is 2.52. The number of carbonyl (C=O) groups is 1. The predicted molar refractivity (Wildman–Crippen MR) is 51.0 cm³/mol. The zero-order valence-electron chi connectivity index (χ0n) is 8.52. The molecule has 0 spiro atoms. The highest BCUT2D eigenvalue weighted by Crippen LogP contribution is 2.26. The van der Waals surface area contributed by atoms with Gasteiger partial charge in [0.1, 0.15) is 0 Å². The normalized spacial score (nSPS) is 20.7. The van der Waals surface area contributed by atoms with E-state index in [1.165, 1.54) is 0 Å². The molecule has 5 nitrogen and oxygen atoms in total. The quantitative estimate of drug-likeness (QED) is 0.818. The standard InChI is InChI=1S/C10H13NO4/c1-2-7-8(10(12)13)15-9(11-7)6-3-4-14-5-6/h6H,2-5H2,1H3,(H,12,13)/t6-/m0/s1. The van der Waals surface area contributed by atoms with Crippen molar-refractivity contribution in [1.82, 2.24) is 4.98 Å². The first-order valence-corrected chi connectivity index (χ1v) is 5.03. The Hall–Kier alpha value is -1.36. The van der Waals surface area contributed by atoms with Crippen molar-refractivity contribution in [2.75, 3.05) is 13.2 Å². The Morgan fingerprint density at radius 1 is 1.67 bits per heavy atom. The Labute approximate surface area is 87.1 Å². The second-order valence-electron chi connectivity index (χ2n) is 3.55. The topological polar surface area (TPSA) is 72.6 Å². The van der Waals surface area contributed by atoms with Gasteiger partial charge in [0.2, 0.25) is 11.7 Å². The van der Waals surface area contributed by atoms with Gasteiger partial charge >= 0.3 is 5.97 Å². The van der Waals surface area contributed by atoms with Crippen LogP contribution in [0.15, 0.2) is 4.42 Å². The van der Waals surface area contributed by atoms with E-state index in [2.05, 4.69) is 4.98 Å². The van der Waals surface area contributed by atoms with E-state index >= 15 is 0 Å². The van der Waals surface area contributed by atoms with Crippen LogP contribution in [0.25, 0.3) is 0 Å². The average molecular weight is 211 g/mol. The van der Waals surface area contributed by atoms with Crippen molar-refractivity contribution in [3.05, 3.63) is 17.3 Å². The van der Waals surface area contributed by atoms with Crippen molar-refractivity contribution in [3.8, 4) is 0 Å². The summed E-state index contributed by atoms with van der Waals surface area (Å²) in [5.74, 6) is -0.464.